The summed E-state index contributed by atoms with van der Waals surface area (Å²) >= 11 is 1.98. The van der Waals surface area contributed by atoms with E-state index >= 15 is 0 Å². The summed E-state index contributed by atoms with van der Waals surface area (Å²) in [5.74, 6) is 0.106. The molecule has 1 aromatic rings. The summed E-state index contributed by atoms with van der Waals surface area (Å²) in [6, 6.07) is 4.52. The maximum absolute atomic E-state index is 11.2. The Labute approximate surface area is 95.5 Å². The Hall–Kier alpha value is -1.04. The van der Waals surface area contributed by atoms with Gasteiger partial charge in [-0.1, -0.05) is 6.58 Å². The topological polar surface area (TPSA) is 46.5 Å². The molecule has 4 heteroatoms. The van der Waals surface area contributed by atoms with E-state index in [1.807, 2.05) is 22.6 Å². The number of phenolic OH excluding ortho intramolecular Hbond substituents is 1. The van der Waals surface area contributed by atoms with Gasteiger partial charge in [-0.2, -0.15) is 0 Å². The summed E-state index contributed by atoms with van der Waals surface area (Å²) < 4.78 is 5.68. The molecule has 1 N–H and O–H groups in total. The van der Waals surface area contributed by atoms with Crippen molar-refractivity contribution < 1.29 is 14.6 Å². The van der Waals surface area contributed by atoms with Crippen LogP contribution in [0.3, 0.4) is 0 Å². The summed E-state index contributed by atoms with van der Waals surface area (Å²) in [4.78, 5) is 11.2. The molecule has 0 fully saturated rings. The first-order chi connectivity index (χ1) is 6.50. The van der Waals surface area contributed by atoms with Crippen molar-refractivity contribution in [3.05, 3.63) is 33.9 Å². The van der Waals surface area contributed by atoms with Crippen LogP contribution in [0, 0.1) is 3.57 Å². The molecule has 3 nitrogen and oxygen atoms in total. The number of hydrogen-bond acceptors (Lipinski definition) is 3. The zero-order chi connectivity index (χ0) is 10.7. The first kappa shape index (κ1) is 11.0. The summed E-state index contributed by atoms with van der Waals surface area (Å²) in [7, 11) is 0. The van der Waals surface area contributed by atoms with Gasteiger partial charge in [-0.05, 0) is 47.7 Å². The van der Waals surface area contributed by atoms with Gasteiger partial charge >= 0.3 is 5.97 Å². The second-order valence-electron chi connectivity index (χ2n) is 2.78. The molecular formula is C10H9IO3. The Bertz CT molecular complexity index is 385. The maximum Gasteiger partial charge on any atom is 0.338 e. The highest BCUT2D eigenvalue weighted by Crippen LogP contribution is 2.25. The van der Waals surface area contributed by atoms with Crippen LogP contribution in [0.15, 0.2) is 30.4 Å². The standard InChI is InChI=1S/C10H9IO3/c1-6(2)10(13)14-9-4-3-7(12)5-8(9)11/h3-5,12H,1H2,2H3. The van der Waals surface area contributed by atoms with E-state index < -0.39 is 5.97 Å². The van der Waals surface area contributed by atoms with Crippen molar-refractivity contribution in [2.24, 2.45) is 0 Å². The Kier molecular flexibility index (Phi) is 3.51. The molecule has 1 aromatic carbocycles. The Morgan fingerprint density at radius 1 is 1.57 bits per heavy atom. The molecule has 0 aliphatic rings. The molecule has 0 unspecified atom stereocenters. The molecule has 0 heterocycles. The van der Waals surface area contributed by atoms with E-state index in [9.17, 15) is 4.79 Å². The van der Waals surface area contributed by atoms with Crippen molar-refractivity contribution in [1.82, 2.24) is 0 Å². The van der Waals surface area contributed by atoms with Gasteiger partial charge in [-0.15, -0.1) is 0 Å². The fourth-order valence-corrected chi connectivity index (χ4v) is 1.37. The predicted molar refractivity (Wildman–Crippen MR) is 61.3 cm³/mol. The van der Waals surface area contributed by atoms with Gasteiger partial charge in [-0.3, -0.25) is 0 Å². The molecule has 0 amide bonds. The number of carbonyl (C=O) groups excluding carboxylic acids is 1. The maximum atomic E-state index is 11.2. The molecule has 0 bridgehead atoms. The van der Waals surface area contributed by atoms with E-state index in [1.54, 1.807) is 6.92 Å². The minimum atomic E-state index is -0.464. The van der Waals surface area contributed by atoms with Gasteiger partial charge in [0.2, 0.25) is 0 Å². The lowest BCUT2D eigenvalue weighted by atomic mass is 10.3. The average Bonchev–Trinajstić information content (AvgIpc) is 2.09. The van der Waals surface area contributed by atoms with Crippen LogP contribution in [0.5, 0.6) is 11.5 Å². The van der Waals surface area contributed by atoms with Gasteiger partial charge < -0.3 is 9.84 Å². The van der Waals surface area contributed by atoms with Crippen LogP contribution in [0.25, 0.3) is 0 Å². The highest BCUT2D eigenvalue weighted by molar-refractivity contribution is 14.1. The third-order valence-electron chi connectivity index (χ3n) is 1.47. The van der Waals surface area contributed by atoms with E-state index in [1.165, 1.54) is 18.2 Å². The van der Waals surface area contributed by atoms with Crippen LogP contribution in [0.1, 0.15) is 6.92 Å². The number of ether oxygens (including phenoxy) is 1. The Morgan fingerprint density at radius 2 is 2.21 bits per heavy atom. The summed E-state index contributed by atoms with van der Waals surface area (Å²) in [6.45, 7) is 5.05. The Morgan fingerprint density at radius 3 is 2.71 bits per heavy atom. The highest BCUT2D eigenvalue weighted by Gasteiger charge is 2.08. The summed E-state index contributed by atoms with van der Waals surface area (Å²) in [6.07, 6.45) is 0. The number of aromatic hydroxyl groups is 1. The molecule has 14 heavy (non-hydrogen) atoms. The number of halogens is 1. The van der Waals surface area contributed by atoms with E-state index in [2.05, 4.69) is 6.58 Å². The van der Waals surface area contributed by atoms with Crippen LogP contribution in [0.4, 0.5) is 0 Å². The zero-order valence-corrected chi connectivity index (χ0v) is 9.74. The molecule has 0 radical (unpaired) electrons. The minimum Gasteiger partial charge on any atom is -0.508 e. The summed E-state index contributed by atoms with van der Waals surface area (Å²) in [5.41, 5.74) is 0.342. The number of phenols is 1. The van der Waals surface area contributed by atoms with E-state index in [4.69, 9.17) is 9.84 Å². The molecule has 0 aromatic heterocycles. The SMILES string of the molecule is C=C(C)C(=O)Oc1ccc(O)cc1I. The lowest BCUT2D eigenvalue weighted by Crippen LogP contribution is -2.08. The number of esters is 1. The van der Waals surface area contributed by atoms with Crippen LogP contribution >= 0.6 is 22.6 Å². The monoisotopic (exact) mass is 304 g/mol. The van der Waals surface area contributed by atoms with E-state index in [0.717, 1.165) is 0 Å². The molecular weight excluding hydrogens is 295 g/mol. The van der Waals surface area contributed by atoms with Crippen molar-refractivity contribution in [2.75, 3.05) is 0 Å². The van der Waals surface area contributed by atoms with Crippen molar-refractivity contribution in [2.45, 2.75) is 6.92 Å². The minimum absolute atomic E-state index is 0.143. The zero-order valence-electron chi connectivity index (χ0n) is 7.58. The molecule has 0 atom stereocenters. The molecule has 0 spiro atoms. The van der Waals surface area contributed by atoms with Gasteiger partial charge in [0.05, 0.1) is 3.57 Å². The second-order valence-corrected chi connectivity index (χ2v) is 3.95. The quantitative estimate of drug-likeness (QED) is 0.395. The second kappa shape index (κ2) is 4.45. The fourth-order valence-electron chi connectivity index (χ4n) is 0.760. The first-order valence-electron chi connectivity index (χ1n) is 3.87. The van der Waals surface area contributed by atoms with E-state index in [-0.39, 0.29) is 5.75 Å². The van der Waals surface area contributed by atoms with Crippen molar-refractivity contribution in [3.63, 3.8) is 0 Å². The first-order valence-corrected chi connectivity index (χ1v) is 4.95. The van der Waals surface area contributed by atoms with Gasteiger partial charge in [-0.25, -0.2) is 4.79 Å². The smallest absolute Gasteiger partial charge is 0.338 e. The lowest BCUT2D eigenvalue weighted by molar-refractivity contribution is -0.130. The van der Waals surface area contributed by atoms with Crippen LogP contribution < -0.4 is 4.74 Å². The number of hydrogen-bond donors (Lipinski definition) is 1. The van der Waals surface area contributed by atoms with E-state index in [0.29, 0.717) is 14.9 Å². The number of rotatable bonds is 2. The van der Waals surface area contributed by atoms with Gasteiger partial charge in [0, 0.05) is 5.57 Å². The third kappa shape index (κ3) is 2.73. The van der Waals surface area contributed by atoms with Crippen LogP contribution in [-0.4, -0.2) is 11.1 Å². The van der Waals surface area contributed by atoms with Gasteiger partial charge in [0.15, 0.2) is 0 Å². The van der Waals surface area contributed by atoms with Crippen molar-refractivity contribution in [3.8, 4) is 11.5 Å². The Balaban J connectivity index is 2.87. The molecule has 74 valence electrons. The molecule has 0 aliphatic carbocycles. The molecule has 0 saturated carbocycles. The number of carbonyl (C=O) groups is 1. The lowest BCUT2D eigenvalue weighted by Gasteiger charge is -2.05. The number of benzene rings is 1. The van der Waals surface area contributed by atoms with Crippen molar-refractivity contribution >= 4 is 28.6 Å². The van der Waals surface area contributed by atoms with Gasteiger partial charge in [0.1, 0.15) is 11.5 Å². The molecule has 1 rings (SSSR count). The summed E-state index contributed by atoms with van der Waals surface area (Å²) in [5, 5.41) is 9.12. The average molecular weight is 304 g/mol. The molecule has 0 saturated heterocycles. The fraction of sp³-hybridized carbons (Fsp3) is 0.100. The van der Waals surface area contributed by atoms with Crippen LogP contribution in [0.2, 0.25) is 0 Å². The highest BCUT2D eigenvalue weighted by atomic mass is 127. The largest absolute Gasteiger partial charge is 0.508 e. The third-order valence-corrected chi connectivity index (χ3v) is 2.31. The molecule has 0 aliphatic heterocycles. The normalized spacial score (nSPS) is 9.57. The van der Waals surface area contributed by atoms with Gasteiger partial charge in [0.25, 0.3) is 0 Å². The van der Waals surface area contributed by atoms with Crippen molar-refractivity contribution in [1.29, 1.82) is 0 Å². The van der Waals surface area contributed by atoms with Crippen LogP contribution in [-0.2, 0) is 4.79 Å². The predicted octanol–water partition coefficient (Wildman–Crippen LogP) is 2.48.